The van der Waals surface area contributed by atoms with Crippen molar-refractivity contribution in [1.82, 2.24) is 0 Å². The van der Waals surface area contributed by atoms with Crippen LogP contribution in [0.15, 0.2) is 24.3 Å². The summed E-state index contributed by atoms with van der Waals surface area (Å²) in [6, 6.07) is 7.80. The van der Waals surface area contributed by atoms with Crippen molar-refractivity contribution >= 4 is 22.7 Å². The van der Waals surface area contributed by atoms with Crippen LogP contribution in [0.25, 0.3) is 0 Å². The lowest BCUT2D eigenvalue weighted by molar-refractivity contribution is 1.47. The fraction of sp³-hybridized carbons (Fsp3) is 0.143. The van der Waals surface area contributed by atoms with Gasteiger partial charge in [0.2, 0.25) is 0 Å². The molecule has 0 heterocycles. The highest BCUT2D eigenvalue weighted by molar-refractivity contribution is 8.93. The van der Waals surface area contributed by atoms with Crippen molar-refractivity contribution in [3.05, 3.63) is 29.8 Å². The Kier molecular flexibility index (Phi) is 3.32. The van der Waals surface area contributed by atoms with E-state index in [-0.39, 0.29) is 17.0 Å². The first-order chi connectivity index (χ1) is 3.80. The van der Waals surface area contributed by atoms with Gasteiger partial charge in [-0.05, 0) is 18.6 Å². The lowest BCUT2D eigenvalue weighted by atomic mass is 10.2. The molecule has 0 saturated carbocycles. The molecule has 0 aromatic heterocycles. The molecule has 0 aliphatic carbocycles. The zero-order valence-corrected chi connectivity index (χ0v) is 7.01. The van der Waals surface area contributed by atoms with Crippen molar-refractivity contribution in [1.29, 1.82) is 0 Å². The maximum Gasteiger partial charge on any atom is 0.0343 e. The molecular weight excluding hydrogens is 178 g/mol. The Labute approximate surface area is 65.6 Å². The predicted octanol–water partition coefficient (Wildman–Crippen LogP) is 2.16. The van der Waals surface area contributed by atoms with Gasteiger partial charge in [-0.2, -0.15) is 0 Å². The highest BCUT2D eigenvalue weighted by Crippen LogP contribution is 2.06. The molecule has 0 aliphatic rings. The maximum atomic E-state index is 5.52. The molecule has 2 heteroatoms. The summed E-state index contributed by atoms with van der Waals surface area (Å²) in [5, 5.41) is 0. The van der Waals surface area contributed by atoms with Crippen molar-refractivity contribution < 1.29 is 0 Å². The van der Waals surface area contributed by atoms with Gasteiger partial charge in [0.25, 0.3) is 0 Å². The van der Waals surface area contributed by atoms with Gasteiger partial charge in [0.1, 0.15) is 0 Å². The normalized spacial score (nSPS) is 8.11. The number of benzene rings is 1. The highest BCUT2D eigenvalue weighted by atomic mass is 79.9. The minimum atomic E-state index is 0. The van der Waals surface area contributed by atoms with E-state index in [1.807, 2.05) is 31.2 Å². The van der Waals surface area contributed by atoms with Crippen LogP contribution in [0.5, 0.6) is 0 Å². The van der Waals surface area contributed by atoms with Gasteiger partial charge in [-0.1, -0.05) is 18.2 Å². The van der Waals surface area contributed by atoms with Crippen LogP contribution < -0.4 is 5.73 Å². The van der Waals surface area contributed by atoms with Gasteiger partial charge >= 0.3 is 0 Å². The Morgan fingerprint density at radius 3 is 2.11 bits per heavy atom. The average molecular weight is 188 g/mol. The van der Waals surface area contributed by atoms with Gasteiger partial charge in [-0.3, -0.25) is 0 Å². The lowest BCUT2D eigenvalue weighted by Crippen LogP contribution is -1.85. The van der Waals surface area contributed by atoms with Gasteiger partial charge in [0.05, 0.1) is 0 Å². The van der Waals surface area contributed by atoms with Crippen molar-refractivity contribution in [3.8, 4) is 0 Å². The van der Waals surface area contributed by atoms with Crippen LogP contribution in [0, 0.1) is 6.92 Å². The predicted molar refractivity (Wildman–Crippen MR) is 45.9 cm³/mol. The molecule has 50 valence electrons. The largest absolute Gasteiger partial charge is 0.399 e. The van der Waals surface area contributed by atoms with E-state index >= 15 is 0 Å². The van der Waals surface area contributed by atoms with E-state index in [1.54, 1.807) is 0 Å². The Morgan fingerprint density at radius 1 is 1.22 bits per heavy atom. The van der Waals surface area contributed by atoms with Gasteiger partial charge in [0, 0.05) is 5.69 Å². The van der Waals surface area contributed by atoms with Crippen LogP contribution in [0.3, 0.4) is 0 Å². The standard InChI is InChI=1S/C7H9N.BrH/c1-6-4-2-3-5-7(6)8;/h2-5H,8H2,1H3;1H. The quantitative estimate of drug-likeness (QED) is 0.620. The van der Waals surface area contributed by atoms with E-state index in [1.165, 1.54) is 0 Å². The summed E-state index contributed by atoms with van der Waals surface area (Å²) in [5.74, 6) is 0. The molecule has 1 nitrogen and oxygen atoms in total. The smallest absolute Gasteiger partial charge is 0.0343 e. The molecule has 0 aliphatic heterocycles. The molecule has 0 saturated heterocycles. The minimum absolute atomic E-state index is 0. The Morgan fingerprint density at radius 2 is 1.78 bits per heavy atom. The Balaban J connectivity index is 0.000000640. The number of halogens is 1. The van der Waals surface area contributed by atoms with Crippen LogP contribution >= 0.6 is 17.0 Å². The Hall–Kier alpha value is -0.500. The second-order valence-electron chi connectivity index (χ2n) is 1.86. The number of rotatable bonds is 0. The summed E-state index contributed by atoms with van der Waals surface area (Å²) >= 11 is 0. The number of nitrogens with two attached hydrogens (primary N) is 1. The van der Waals surface area contributed by atoms with E-state index in [0.29, 0.717) is 0 Å². The second-order valence-corrected chi connectivity index (χ2v) is 1.86. The summed E-state index contributed by atoms with van der Waals surface area (Å²) in [6.45, 7) is 2.00. The molecule has 0 unspecified atom stereocenters. The Bertz CT molecular complexity index is 165. The van der Waals surface area contributed by atoms with E-state index < -0.39 is 0 Å². The van der Waals surface area contributed by atoms with E-state index in [4.69, 9.17) is 5.73 Å². The third-order valence-electron chi connectivity index (χ3n) is 1.19. The zero-order valence-electron chi connectivity index (χ0n) is 5.29. The fourth-order valence-electron chi connectivity index (χ4n) is 0.587. The van der Waals surface area contributed by atoms with Crippen molar-refractivity contribution in [3.63, 3.8) is 0 Å². The van der Waals surface area contributed by atoms with Gasteiger partial charge < -0.3 is 5.73 Å². The molecule has 1 rings (SSSR count). The number of anilines is 1. The topological polar surface area (TPSA) is 26.0 Å². The third-order valence-corrected chi connectivity index (χ3v) is 1.19. The van der Waals surface area contributed by atoms with E-state index in [9.17, 15) is 0 Å². The number of para-hydroxylation sites is 1. The monoisotopic (exact) mass is 187 g/mol. The molecule has 2 N–H and O–H groups in total. The van der Waals surface area contributed by atoms with Crippen molar-refractivity contribution in [2.75, 3.05) is 5.73 Å². The van der Waals surface area contributed by atoms with E-state index in [0.717, 1.165) is 11.3 Å². The number of nitrogen functional groups attached to an aromatic ring is 1. The molecule has 0 atom stereocenters. The number of hydrogen-bond acceptors (Lipinski definition) is 1. The third kappa shape index (κ3) is 2.06. The average Bonchev–Trinajstić information content (AvgIpc) is 1.77. The first kappa shape index (κ1) is 8.50. The summed E-state index contributed by atoms with van der Waals surface area (Å²) in [7, 11) is 0. The molecule has 0 bridgehead atoms. The fourth-order valence-corrected chi connectivity index (χ4v) is 0.587. The zero-order chi connectivity index (χ0) is 5.98. The van der Waals surface area contributed by atoms with E-state index in [2.05, 4.69) is 0 Å². The first-order valence-corrected chi connectivity index (χ1v) is 2.62. The SMILES string of the molecule is Br.Cc1ccccc1N. The molecule has 0 spiro atoms. The lowest BCUT2D eigenvalue weighted by Gasteiger charge is -1.93. The summed E-state index contributed by atoms with van der Waals surface area (Å²) in [5.41, 5.74) is 7.53. The second kappa shape index (κ2) is 3.51. The molecule has 1 aromatic carbocycles. The summed E-state index contributed by atoms with van der Waals surface area (Å²) < 4.78 is 0. The van der Waals surface area contributed by atoms with Crippen LogP contribution in [0.4, 0.5) is 5.69 Å². The van der Waals surface area contributed by atoms with Gasteiger partial charge in [-0.25, -0.2) is 0 Å². The minimum Gasteiger partial charge on any atom is -0.399 e. The van der Waals surface area contributed by atoms with Crippen LogP contribution in [-0.2, 0) is 0 Å². The molecular formula is C7H10BrN. The highest BCUT2D eigenvalue weighted by Gasteiger charge is 1.84. The van der Waals surface area contributed by atoms with Crippen LogP contribution in [0.1, 0.15) is 5.56 Å². The molecule has 0 fully saturated rings. The molecule has 0 amide bonds. The summed E-state index contributed by atoms with van der Waals surface area (Å²) in [4.78, 5) is 0. The molecule has 0 radical (unpaired) electrons. The number of hydrogen-bond donors (Lipinski definition) is 1. The number of aryl methyl sites for hydroxylation is 1. The van der Waals surface area contributed by atoms with Gasteiger partial charge in [-0.15, -0.1) is 17.0 Å². The van der Waals surface area contributed by atoms with Crippen LogP contribution in [-0.4, -0.2) is 0 Å². The first-order valence-electron chi connectivity index (χ1n) is 2.62. The summed E-state index contributed by atoms with van der Waals surface area (Å²) in [6.07, 6.45) is 0. The molecule has 9 heavy (non-hydrogen) atoms. The van der Waals surface area contributed by atoms with Crippen LogP contribution in [0.2, 0.25) is 0 Å². The van der Waals surface area contributed by atoms with Gasteiger partial charge in [0.15, 0.2) is 0 Å². The van der Waals surface area contributed by atoms with Crippen molar-refractivity contribution in [2.45, 2.75) is 6.92 Å². The molecule has 1 aromatic rings. The maximum absolute atomic E-state index is 5.52. The van der Waals surface area contributed by atoms with Crippen molar-refractivity contribution in [2.24, 2.45) is 0 Å².